The number of nitrogens with zero attached hydrogens (tertiary/aromatic N) is 6. The summed E-state index contributed by atoms with van der Waals surface area (Å²) in [6, 6.07) is 71.0. The Balaban J connectivity index is 0.923. The molecule has 0 unspecified atom stereocenters. The van der Waals surface area contributed by atoms with E-state index in [1.54, 1.807) is 0 Å². The largest absolute Gasteiger partial charge is 0.458 e. The van der Waals surface area contributed by atoms with Gasteiger partial charge in [-0.15, -0.1) is 0 Å². The van der Waals surface area contributed by atoms with E-state index in [0.717, 1.165) is 67.8 Å². The van der Waals surface area contributed by atoms with E-state index in [1.807, 2.05) is 12.3 Å². The smallest absolute Gasteiger partial charge is 0.422 e. The lowest BCUT2D eigenvalue weighted by Crippen LogP contribution is -2.55. The molecule has 2 aliphatic rings. The highest BCUT2D eigenvalue weighted by Crippen LogP contribution is 2.52. The van der Waals surface area contributed by atoms with E-state index in [2.05, 4.69) is 245 Å². The van der Waals surface area contributed by atoms with Crippen LogP contribution in [0, 0.1) is 6.33 Å². The molecule has 2 aliphatic heterocycles. The van der Waals surface area contributed by atoms with E-state index in [-0.39, 0.29) is 12.4 Å². The van der Waals surface area contributed by atoms with E-state index < -0.39 is 0 Å². The zero-order chi connectivity index (χ0) is 44.1. The molecule has 66 heavy (non-hydrogen) atoms. The van der Waals surface area contributed by atoms with Gasteiger partial charge < -0.3 is 18.9 Å². The lowest BCUT2D eigenvalue weighted by atomic mass is 9.59. The number of para-hydroxylation sites is 6. The van der Waals surface area contributed by atoms with Crippen molar-refractivity contribution in [2.24, 2.45) is 0 Å². The molecule has 0 amide bonds. The Bertz CT molecular complexity index is 3720. The molecule has 13 rings (SSSR count). The van der Waals surface area contributed by atoms with Crippen molar-refractivity contribution >= 4 is 68.2 Å². The third-order valence-corrected chi connectivity index (χ3v) is 13.3. The molecule has 0 saturated carbocycles. The van der Waals surface area contributed by atoms with E-state index in [9.17, 15) is 0 Å². The molecule has 5 heterocycles. The molecule has 0 atom stereocenters. The second-order valence-corrected chi connectivity index (χ2v) is 18.2. The van der Waals surface area contributed by atoms with Gasteiger partial charge in [0.05, 0.1) is 44.8 Å². The van der Waals surface area contributed by atoms with Crippen molar-refractivity contribution in [2.75, 3.05) is 9.62 Å². The van der Waals surface area contributed by atoms with Crippen molar-refractivity contribution in [1.29, 1.82) is 0 Å². The van der Waals surface area contributed by atoms with Gasteiger partial charge in [-0.2, -0.15) is 0 Å². The van der Waals surface area contributed by atoms with Crippen LogP contribution in [0.3, 0.4) is 0 Å². The average molecular weight is 851 g/mol. The number of ether oxygens (including phenoxy) is 1. The van der Waals surface area contributed by atoms with E-state index in [4.69, 9.17) is 9.72 Å². The maximum Gasteiger partial charge on any atom is 0.422 e. The molecule has 314 valence electrons. The van der Waals surface area contributed by atoms with Crippen LogP contribution in [0.2, 0.25) is 0 Å². The molecule has 0 saturated heterocycles. The van der Waals surface area contributed by atoms with Gasteiger partial charge in [-0.05, 0) is 94.8 Å². The highest BCUT2D eigenvalue weighted by Gasteiger charge is 2.48. The molecular formula is C58H43BN6O. The van der Waals surface area contributed by atoms with Crippen LogP contribution in [0.4, 0.5) is 22.9 Å². The van der Waals surface area contributed by atoms with E-state index >= 15 is 0 Å². The maximum absolute atomic E-state index is 6.88. The Morgan fingerprint density at radius 3 is 2.14 bits per heavy atom. The number of fused-ring (bicyclic) bond motifs is 12. The molecule has 11 aromatic rings. The average Bonchev–Trinajstić information content (AvgIpc) is 4.03. The summed E-state index contributed by atoms with van der Waals surface area (Å²) in [6.07, 6.45) is 5.74. The van der Waals surface area contributed by atoms with Crippen LogP contribution in [0.25, 0.3) is 61.0 Å². The monoisotopic (exact) mass is 850 g/mol. The fraction of sp³-hybridized carbons (Fsp3) is 0.0690. The van der Waals surface area contributed by atoms with Crippen LogP contribution in [0.1, 0.15) is 26.3 Å². The Labute approximate surface area is 383 Å². The summed E-state index contributed by atoms with van der Waals surface area (Å²) in [7, 11) is 0. The minimum Gasteiger partial charge on any atom is -0.458 e. The van der Waals surface area contributed by atoms with Gasteiger partial charge in [0, 0.05) is 40.0 Å². The number of rotatable bonds is 6. The van der Waals surface area contributed by atoms with E-state index in [0.29, 0.717) is 0 Å². The number of hydrogen-bond donors (Lipinski definition) is 0. The summed E-state index contributed by atoms with van der Waals surface area (Å²) in [4.78, 5) is 9.91. The molecule has 0 spiro atoms. The summed E-state index contributed by atoms with van der Waals surface area (Å²) < 4.78 is 13.6. The van der Waals surface area contributed by atoms with Crippen molar-refractivity contribution in [2.45, 2.75) is 26.2 Å². The van der Waals surface area contributed by atoms with E-state index in [1.165, 1.54) is 38.6 Å². The number of anilines is 4. The SMILES string of the molecule is CC(C)(C)c1ccnc(N2B3c4ccccc4-c4ccccc4N3c3ccc(Oc4cccc(-n5[c-][n+](-c6cccc7c8ccccc8n(-c8ccccc8)c67)c6ccccc65)c4)cc32)c1. The normalized spacial score (nSPS) is 13.0. The quantitative estimate of drug-likeness (QED) is 0.0949. The molecule has 7 nitrogen and oxygen atoms in total. The molecule has 0 N–H and O–H groups in total. The van der Waals surface area contributed by atoms with Gasteiger partial charge >= 0.3 is 6.98 Å². The fourth-order valence-electron chi connectivity index (χ4n) is 10.3. The van der Waals surface area contributed by atoms with Crippen LogP contribution in [0.15, 0.2) is 206 Å². The summed E-state index contributed by atoms with van der Waals surface area (Å²) in [6.45, 7) is 6.62. The van der Waals surface area contributed by atoms with Crippen LogP contribution >= 0.6 is 0 Å². The summed E-state index contributed by atoms with van der Waals surface area (Å²) in [5.41, 5.74) is 15.6. The number of aromatic nitrogens is 4. The van der Waals surface area contributed by atoms with Gasteiger partial charge in [-0.1, -0.05) is 142 Å². The summed E-state index contributed by atoms with van der Waals surface area (Å²) in [5, 5.41) is 2.40. The molecule has 0 bridgehead atoms. The first-order chi connectivity index (χ1) is 32.4. The van der Waals surface area contributed by atoms with Gasteiger partial charge in [-0.25, -0.2) is 4.98 Å². The number of hydrogen-bond acceptors (Lipinski definition) is 4. The minimum atomic E-state index is -0.142. The number of imidazole rings is 1. The highest BCUT2D eigenvalue weighted by molar-refractivity contribution is 6.86. The molecular weight excluding hydrogens is 807 g/mol. The van der Waals surface area contributed by atoms with Crippen molar-refractivity contribution in [3.63, 3.8) is 0 Å². The maximum atomic E-state index is 6.88. The first kappa shape index (κ1) is 38.1. The topological polar surface area (TPSA) is 42.3 Å². The summed E-state index contributed by atoms with van der Waals surface area (Å²) in [5.74, 6) is 2.36. The number of pyridine rings is 1. The minimum absolute atomic E-state index is 0.0514. The second-order valence-electron chi connectivity index (χ2n) is 18.2. The van der Waals surface area contributed by atoms with Crippen molar-refractivity contribution in [1.82, 2.24) is 14.1 Å². The zero-order valence-corrected chi connectivity index (χ0v) is 36.8. The Hall–Kier alpha value is -8.36. The van der Waals surface area contributed by atoms with Crippen molar-refractivity contribution in [3.8, 4) is 39.7 Å². The molecule has 0 aliphatic carbocycles. The van der Waals surface area contributed by atoms with Gasteiger partial charge in [0.15, 0.2) is 0 Å². The molecule has 3 aromatic heterocycles. The first-order valence-electron chi connectivity index (χ1n) is 22.6. The van der Waals surface area contributed by atoms with Gasteiger partial charge in [0.1, 0.15) is 17.3 Å². The molecule has 0 radical (unpaired) electrons. The first-order valence-corrected chi connectivity index (χ1v) is 22.6. The van der Waals surface area contributed by atoms with Gasteiger partial charge in [0.2, 0.25) is 0 Å². The lowest BCUT2D eigenvalue weighted by molar-refractivity contribution is -0.571. The van der Waals surface area contributed by atoms with Crippen LogP contribution < -0.4 is 24.4 Å². The standard InChI is InChI=1S/C58H43BN6O/c1-58(2,3)39-33-34-60-56(35-39)65-55-37-43(31-32-53(55)64-50-27-12-9-22-45(50)44-21-7-10-25-48(44)59(64)65)66-42-20-15-19-41(36-42)61-38-62(52-29-14-13-28-51(52)61)54-30-16-24-47-46-23-8-11-26-49(46)63(57(47)54)40-17-5-4-6-18-40/h4-37H,1-3H3. The molecule has 0 fully saturated rings. The third kappa shape index (κ3) is 5.84. The second kappa shape index (κ2) is 14.6. The third-order valence-electron chi connectivity index (χ3n) is 13.3. The van der Waals surface area contributed by atoms with Crippen molar-refractivity contribution < 1.29 is 9.30 Å². The molecule has 8 heteroatoms. The Morgan fingerprint density at radius 2 is 1.26 bits per heavy atom. The van der Waals surface area contributed by atoms with Crippen LogP contribution in [-0.4, -0.2) is 21.1 Å². The Morgan fingerprint density at radius 1 is 0.545 bits per heavy atom. The van der Waals surface area contributed by atoms with Crippen LogP contribution in [-0.2, 0) is 5.41 Å². The zero-order valence-electron chi connectivity index (χ0n) is 36.8. The number of benzene rings is 8. The van der Waals surface area contributed by atoms with Crippen LogP contribution in [0.5, 0.6) is 11.5 Å². The van der Waals surface area contributed by atoms with Gasteiger partial charge in [-0.3, -0.25) is 9.13 Å². The summed E-state index contributed by atoms with van der Waals surface area (Å²) >= 11 is 0. The lowest BCUT2D eigenvalue weighted by Gasteiger charge is -2.36. The predicted octanol–water partition coefficient (Wildman–Crippen LogP) is 13.0. The Kier molecular flexibility index (Phi) is 8.43. The molecule has 8 aromatic carbocycles. The predicted molar refractivity (Wildman–Crippen MR) is 269 cm³/mol. The van der Waals surface area contributed by atoms with Gasteiger partial charge in [0.25, 0.3) is 6.33 Å². The van der Waals surface area contributed by atoms with Crippen molar-refractivity contribution in [3.05, 3.63) is 218 Å². The highest BCUT2D eigenvalue weighted by atomic mass is 16.5. The fourth-order valence-corrected chi connectivity index (χ4v) is 10.3.